The summed E-state index contributed by atoms with van der Waals surface area (Å²) >= 11 is 3.42. The first-order valence-corrected chi connectivity index (χ1v) is 10.3. The molecule has 7 heteroatoms. The Morgan fingerprint density at radius 3 is 2.38 bits per heavy atom. The van der Waals surface area contributed by atoms with E-state index in [1.54, 1.807) is 0 Å². The summed E-state index contributed by atoms with van der Waals surface area (Å²) in [6, 6.07) is 19.6. The maximum absolute atomic E-state index is 12.7. The number of benzene rings is 2. The molecule has 0 unspecified atom stereocenters. The molecule has 0 spiro atoms. The summed E-state index contributed by atoms with van der Waals surface area (Å²) in [6.45, 7) is 4.86. The number of aromatic nitrogens is 2. The maximum atomic E-state index is 12.7. The van der Waals surface area contributed by atoms with Crippen molar-refractivity contribution in [3.8, 4) is 0 Å². The number of carbonyl (C=O) groups excluding carboxylic acids is 1. The molecule has 1 aliphatic rings. The molecular weight excluding hydrogens is 430 g/mol. The fraction of sp³-hybridized carbons (Fsp3) is 0.227. The van der Waals surface area contributed by atoms with Crippen molar-refractivity contribution < 1.29 is 4.79 Å². The minimum atomic E-state index is 0.0645. The molecule has 1 N–H and O–H groups in total. The summed E-state index contributed by atoms with van der Waals surface area (Å²) in [4.78, 5) is 16.7. The molecule has 1 amide bonds. The second kappa shape index (κ2) is 8.61. The van der Waals surface area contributed by atoms with Gasteiger partial charge in [-0.2, -0.15) is 0 Å². The van der Waals surface area contributed by atoms with Crippen LogP contribution in [-0.2, 0) is 0 Å². The van der Waals surface area contributed by atoms with Gasteiger partial charge in [-0.25, -0.2) is 0 Å². The van der Waals surface area contributed by atoms with Crippen molar-refractivity contribution in [3.05, 3.63) is 76.3 Å². The first kappa shape index (κ1) is 19.4. The monoisotopic (exact) mass is 451 g/mol. The van der Waals surface area contributed by atoms with E-state index in [0.29, 0.717) is 24.5 Å². The highest BCUT2D eigenvalue weighted by molar-refractivity contribution is 9.10. The number of piperazine rings is 1. The SMILES string of the molecule is Cc1ccc(Nc2ccc(N3CCN(C(=O)c4cccc(Br)c4)CC3)nn2)cc1. The van der Waals surface area contributed by atoms with E-state index in [9.17, 15) is 4.79 Å². The van der Waals surface area contributed by atoms with Crippen LogP contribution in [0.5, 0.6) is 0 Å². The lowest BCUT2D eigenvalue weighted by Crippen LogP contribution is -2.49. The molecule has 4 rings (SSSR count). The van der Waals surface area contributed by atoms with Crippen LogP contribution in [0.1, 0.15) is 15.9 Å². The van der Waals surface area contributed by atoms with Gasteiger partial charge in [-0.05, 0) is 49.4 Å². The topological polar surface area (TPSA) is 61.4 Å². The van der Waals surface area contributed by atoms with E-state index in [1.807, 2.05) is 53.4 Å². The highest BCUT2D eigenvalue weighted by Crippen LogP contribution is 2.19. The van der Waals surface area contributed by atoms with E-state index in [-0.39, 0.29) is 5.91 Å². The summed E-state index contributed by atoms with van der Waals surface area (Å²) in [5, 5.41) is 11.9. The summed E-state index contributed by atoms with van der Waals surface area (Å²) in [6.07, 6.45) is 0. The van der Waals surface area contributed by atoms with Gasteiger partial charge in [0, 0.05) is 41.9 Å². The third-order valence-corrected chi connectivity index (χ3v) is 5.43. The Labute approximate surface area is 178 Å². The van der Waals surface area contributed by atoms with E-state index in [2.05, 4.69) is 55.4 Å². The second-order valence-electron chi connectivity index (χ2n) is 7.06. The van der Waals surface area contributed by atoms with Crippen molar-refractivity contribution in [2.24, 2.45) is 0 Å². The molecular formula is C22H22BrN5O. The zero-order valence-corrected chi connectivity index (χ0v) is 17.8. The van der Waals surface area contributed by atoms with Gasteiger partial charge in [0.05, 0.1) is 0 Å². The molecule has 1 aliphatic heterocycles. The van der Waals surface area contributed by atoms with E-state index in [0.717, 1.165) is 29.1 Å². The van der Waals surface area contributed by atoms with E-state index >= 15 is 0 Å². The Balaban J connectivity index is 1.35. The zero-order chi connectivity index (χ0) is 20.2. The molecule has 0 bridgehead atoms. The van der Waals surface area contributed by atoms with Gasteiger partial charge in [-0.3, -0.25) is 4.79 Å². The number of rotatable bonds is 4. The molecule has 2 aromatic carbocycles. The van der Waals surface area contributed by atoms with Crippen molar-refractivity contribution in [1.29, 1.82) is 0 Å². The summed E-state index contributed by atoms with van der Waals surface area (Å²) < 4.78 is 0.914. The highest BCUT2D eigenvalue weighted by atomic mass is 79.9. The van der Waals surface area contributed by atoms with Gasteiger partial charge >= 0.3 is 0 Å². The molecule has 1 aromatic heterocycles. The largest absolute Gasteiger partial charge is 0.352 e. The molecule has 29 heavy (non-hydrogen) atoms. The number of nitrogens with zero attached hydrogens (tertiary/aromatic N) is 4. The predicted molar refractivity (Wildman–Crippen MR) is 119 cm³/mol. The number of amides is 1. The number of carbonyl (C=O) groups is 1. The van der Waals surface area contributed by atoms with Crippen LogP contribution in [0, 0.1) is 6.92 Å². The van der Waals surface area contributed by atoms with Crippen LogP contribution in [-0.4, -0.2) is 47.2 Å². The molecule has 1 fully saturated rings. The van der Waals surface area contributed by atoms with Crippen LogP contribution in [0.2, 0.25) is 0 Å². The number of nitrogens with one attached hydrogen (secondary N) is 1. The van der Waals surface area contributed by atoms with Crippen LogP contribution in [0.25, 0.3) is 0 Å². The third-order valence-electron chi connectivity index (χ3n) is 4.94. The maximum Gasteiger partial charge on any atom is 0.254 e. The predicted octanol–water partition coefficient (Wildman–Crippen LogP) is 4.25. The van der Waals surface area contributed by atoms with Crippen molar-refractivity contribution in [2.45, 2.75) is 6.92 Å². The van der Waals surface area contributed by atoms with Crippen molar-refractivity contribution >= 4 is 39.2 Å². The third kappa shape index (κ3) is 4.74. The van der Waals surface area contributed by atoms with E-state index in [4.69, 9.17) is 0 Å². The molecule has 148 valence electrons. The molecule has 0 radical (unpaired) electrons. The molecule has 0 saturated carbocycles. The minimum absolute atomic E-state index is 0.0645. The first-order chi connectivity index (χ1) is 14.1. The van der Waals surface area contributed by atoms with Gasteiger partial charge in [-0.15, -0.1) is 10.2 Å². The van der Waals surface area contributed by atoms with Crippen LogP contribution in [0.15, 0.2) is 65.1 Å². The first-order valence-electron chi connectivity index (χ1n) is 9.56. The summed E-state index contributed by atoms with van der Waals surface area (Å²) in [5.74, 6) is 1.60. The number of hydrogen-bond acceptors (Lipinski definition) is 5. The van der Waals surface area contributed by atoms with Gasteiger partial charge in [-0.1, -0.05) is 39.7 Å². The van der Waals surface area contributed by atoms with E-state index in [1.165, 1.54) is 5.56 Å². The highest BCUT2D eigenvalue weighted by Gasteiger charge is 2.23. The lowest BCUT2D eigenvalue weighted by atomic mass is 10.2. The summed E-state index contributed by atoms with van der Waals surface area (Å²) in [7, 11) is 0. The van der Waals surface area contributed by atoms with Crippen LogP contribution in [0.4, 0.5) is 17.3 Å². The fourth-order valence-corrected chi connectivity index (χ4v) is 3.69. The quantitative estimate of drug-likeness (QED) is 0.642. The van der Waals surface area contributed by atoms with Gasteiger partial charge in [0.1, 0.15) is 0 Å². The van der Waals surface area contributed by atoms with Gasteiger partial charge in [0.25, 0.3) is 5.91 Å². The Morgan fingerprint density at radius 1 is 0.966 bits per heavy atom. The van der Waals surface area contributed by atoms with E-state index < -0.39 is 0 Å². The molecule has 0 atom stereocenters. The fourth-order valence-electron chi connectivity index (χ4n) is 3.29. The van der Waals surface area contributed by atoms with Crippen LogP contribution >= 0.6 is 15.9 Å². The lowest BCUT2D eigenvalue weighted by Gasteiger charge is -2.35. The molecule has 2 heterocycles. The average Bonchev–Trinajstić information content (AvgIpc) is 2.75. The normalized spacial score (nSPS) is 14.0. The Kier molecular flexibility index (Phi) is 5.76. The number of halogens is 1. The standard InChI is InChI=1S/C22H22BrN5O/c1-16-5-7-19(8-6-16)24-20-9-10-21(26-25-20)27-11-13-28(14-12-27)22(29)17-3-2-4-18(23)15-17/h2-10,15H,11-14H2,1H3,(H,24,25). The Morgan fingerprint density at radius 2 is 1.72 bits per heavy atom. The van der Waals surface area contributed by atoms with Crippen molar-refractivity contribution in [3.63, 3.8) is 0 Å². The zero-order valence-electron chi connectivity index (χ0n) is 16.2. The van der Waals surface area contributed by atoms with Gasteiger partial charge in [0.2, 0.25) is 0 Å². The van der Waals surface area contributed by atoms with Crippen LogP contribution in [0.3, 0.4) is 0 Å². The van der Waals surface area contributed by atoms with Gasteiger partial charge < -0.3 is 15.1 Å². The average molecular weight is 452 g/mol. The molecule has 3 aromatic rings. The van der Waals surface area contributed by atoms with Crippen molar-refractivity contribution in [2.75, 3.05) is 36.4 Å². The number of anilines is 3. The molecule has 0 aliphatic carbocycles. The summed E-state index contributed by atoms with van der Waals surface area (Å²) in [5.41, 5.74) is 2.91. The number of aryl methyl sites for hydroxylation is 1. The van der Waals surface area contributed by atoms with Crippen LogP contribution < -0.4 is 10.2 Å². The Hall–Kier alpha value is -2.93. The minimum Gasteiger partial charge on any atom is -0.352 e. The molecule has 6 nitrogen and oxygen atoms in total. The second-order valence-corrected chi connectivity index (χ2v) is 7.97. The van der Waals surface area contributed by atoms with Crippen molar-refractivity contribution in [1.82, 2.24) is 15.1 Å². The van der Waals surface area contributed by atoms with Gasteiger partial charge in [0.15, 0.2) is 11.6 Å². The smallest absolute Gasteiger partial charge is 0.254 e. The lowest BCUT2D eigenvalue weighted by molar-refractivity contribution is 0.0746. The molecule has 1 saturated heterocycles. The Bertz CT molecular complexity index is 983. The number of hydrogen-bond donors (Lipinski definition) is 1.